The SMILES string of the molecule is c1ccc(-c2cc(-c3ccccc3)nc(-c3cc(-n4c5ccccc5c5ccccc54)cc(-n4c5ccccc5c5ccccc54)c3)c2)cc1. The summed E-state index contributed by atoms with van der Waals surface area (Å²) in [6.45, 7) is 0. The monoisotopic (exact) mass is 637 g/mol. The van der Waals surface area contributed by atoms with E-state index in [0.29, 0.717) is 0 Å². The number of hydrogen-bond acceptors (Lipinski definition) is 1. The largest absolute Gasteiger partial charge is 0.309 e. The highest BCUT2D eigenvalue weighted by atomic mass is 15.0. The minimum Gasteiger partial charge on any atom is -0.309 e. The molecule has 10 rings (SSSR count). The predicted molar refractivity (Wildman–Crippen MR) is 209 cm³/mol. The number of pyridine rings is 1. The molecular weight excluding hydrogens is 607 g/mol. The Morgan fingerprint density at radius 2 is 0.640 bits per heavy atom. The van der Waals surface area contributed by atoms with Crippen molar-refractivity contribution in [3.8, 4) is 45.0 Å². The van der Waals surface area contributed by atoms with Crippen LogP contribution in [0.2, 0.25) is 0 Å². The molecule has 0 bridgehead atoms. The van der Waals surface area contributed by atoms with Gasteiger partial charge in [-0.15, -0.1) is 0 Å². The van der Waals surface area contributed by atoms with Gasteiger partial charge in [0.05, 0.1) is 33.5 Å². The van der Waals surface area contributed by atoms with Crippen LogP contribution in [0.1, 0.15) is 0 Å². The van der Waals surface area contributed by atoms with Crippen molar-refractivity contribution < 1.29 is 0 Å². The van der Waals surface area contributed by atoms with Crippen molar-refractivity contribution in [2.24, 2.45) is 0 Å². The van der Waals surface area contributed by atoms with Gasteiger partial charge in [0, 0.05) is 44.0 Å². The zero-order valence-electron chi connectivity index (χ0n) is 27.2. The van der Waals surface area contributed by atoms with E-state index in [4.69, 9.17) is 4.98 Å². The first-order valence-corrected chi connectivity index (χ1v) is 17.1. The van der Waals surface area contributed by atoms with Crippen molar-refractivity contribution in [2.45, 2.75) is 0 Å². The van der Waals surface area contributed by atoms with E-state index in [1.165, 1.54) is 43.6 Å². The lowest BCUT2D eigenvalue weighted by molar-refractivity contribution is 1.13. The number of rotatable bonds is 5. The smallest absolute Gasteiger partial charge is 0.0717 e. The van der Waals surface area contributed by atoms with E-state index in [2.05, 4.69) is 197 Å². The van der Waals surface area contributed by atoms with Gasteiger partial charge in [-0.3, -0.25) is 0 Å². The van der Waals surface area contributed by atoms with Gasteiger partial charge in [-0.1, -0.05) is 133 Å². The summed E-state index contributed by atoms with van der Waals surface area (Å²) in [5.41, 5.74) is 13.2. The average molecular weight is 638 g/mol. The zero-order chi connectivity index (χ0) is 33.0. The lowest BCUT2D eigenvalue weighted by atomic mass is 9.99. The summed E-state index contributed by atoms with van der Waals surface area (Å²) in [4.78, 5) is 5.38. The van der Waals surface area contributed by atoms with Crippen LogP contribution in [0.15, 0.2) is 188 Å². The Labute approximate surface area is 290 Å². The van der Waals surface area contributed by atoms with Gasteiger partial charge in [0.25, 0.3) is 0 Å². The fraction of sp³-hybridized carbons (Fsp3) is 0. The van der Waals surface area contributed by atoms with Crippen LogP contribution in [0, 0.1) is 0 Å². The first kappa shape index (κ1) is 28.3. The van der Waals surface area contributed by atoms with Crippen molar-refractivity contribution in [2.75, 3.05) is 0 Å². The molecule has 3 heteroatoms. The number of aromatic nitrogens is 3. The first-order valence-electron chi connectivity index (χ1n) is 17.1. The van der Waals surface area contributed by atoms with Gasteiger partial charge in [0.2, 0.25) is 0 Å². The maximum atomic E-state index is 5.38. The fourth-order valence-corrected chi connectivity index (χ4v) is 7.64. The molecule has 234 valence electrons. The standard InChI is InChI=1S/C47H31N3/c1-3-15-32(16-4-1)34-29-42(33-17-5-2-6-18-33)48-43(30-34)35-27-36(49-44-23-11-7-19-38(44)39-20-8-12-24-45(39)49)31-37(28-35)50-46-25-13-9-21-40(46)41-22-10-14-26-47(41)50/h1-31H. The highest BCUT2D eigenvalue weighted by Gasteiger charge is 2.18. The van der Waals surface area contributed by atoms with E-state index in [9.17, 15) is 0 Å². The molecule has 0 spiro atoms. The van der Waals surface area contributed by atoms with Crippen molar-refractivity contribution >= 4 is 43.6 Å². The highest BCUT2D eigenvalue weighted by Crippen LogP contribution is 2.38. The summed E-state index contributed by atoms with van der Waals surface area (Å²) < 4.78 is 4.81. The third-order valence-electron chi connectivity index (χ3n) is 9.88. The molecule has 0 amide bonds. The molecule has 3 aromatic heterocycles. The number of hydrogen-bond donors (Lipinski definition) is 0. The van der Waals surface area contributed by atoms with Gasteiger partial charge < -0.3 is 9.13 Å². The quantitative estimate of drug-likeness (QED) is 0.184. The molecular formula is C47H31N3. The van der Waals surface area contributed by atoms with Crippen LogP contribution in [-0.2, 0) is 0 Å². The van der Waals surface area contributed by atoms with Crippen LogP contribution in [0.3, 0.4) is 0 Å². The van der Waals surface area contributed by atoms with Gasteiger partial charge in [-0.2, -0.15) is 0 Å². The van der Waals surface area contributed by atoms with Crippen molar-refractivity contribution in [1.82, 2.24) is 14.1 Å². The number of benzene rings is 7. The molecule has 3 heterocycles. The molecule has 10 aromatic rings. The third-order valence-corrected chi connectivity index (χ3v) is 9.88. The van der Waals surface area contributed by atoms with E-state index in [-0.39, 0.29) is 0 Å². The maximum absolute atomic E-state index is 5.38. The summed E-state index contributed by atoms with van der Waals surface area (Å²) in [5, 5.41) is 4.95. The second kappa shape index (κ2) is 11.5. The van der Waals surface area contributed by atoms with Crippen LogP contribution in [-0.4, -0.2) is 14.1 Å². The molecule has 0 saturated carbocycles. The molecule has 0 aliphatic heterocycles. The number of nitrogens with zero attached hydrogens (tertiary/aromatic N) is 3. The topological polar surface area (TPSA) is 22.8 Å². The first-order chi connectivity index (χ1) is 24.8. The molecule has 0 N–H and O–H groups in total. The van der Waals surface area contributed by atoms with Crippen LogP contribution in [0.25, 0.3) is 88.6 Å². The minimum atomic E-state index is 0.926. The normalized spacial score (nSPS) is 11.6. The third kappa shape index (κ3) is 4.56. The number of fused-ring (bicyclic) bond motifs is 6. The van der Waals surface area contributed by atoms with Gasteiger partial charge >= 0.3 is 0 Å². The minimum absolute atomic E-state index is 0.926. The highest BCUT2D eigenvalue weighted by molar-refractivity contribution is 6.10. The second-order valence-corrected chi connectivity index (χ2v) is 12.8. The van der Waals surface area contributed by atoms with Crippen molar-refractivity contribution in [1.29, 1.82) is 0 Å². The Bertz CT molecular complexity index is 2560. The summed E-state index contributed by atoms with van der Waals surface area (Å²) in [6.07, 6.45) is 0. The van der Waals surface area contributed by atoms with Crippen LogP contribution < -0.4 is 0 Å². The van der Waals surface area contributed by atoms with Gasteiger partial charge in [-0.05, 0) is 65.7 Å². The molecule has 7 aromatic carbocycles. The summed E-state index contributed by atoms with van der Waals surface area (Å²) >= 11 is 0. The lowest BCUT2D eigenvalue weighted by Crippen LogP contribution is -2.01. The van der Waals surface area contributed by atoms with E-state index >= 15 is 0 Å². The van der Waals surface area contributed by atoms with Gasteiger partial charge in [0.1, 0.15) is 0 Å². The van der Waals surface area contributed by atoms with E-state index in [1.54, 1.807) is 0 Å². The van der Waals surface area contributed by atoms with E-state index < -0.39 is 0 Å². The number of para-hydroxylation sites is 4. The Balaban J connectivity index is 1.31. The van der Waals surface area contributed by atoms with Crippen LogP contribution >= 0.6 is 0 Å². The molecule has 3 nitrogen and oxygen atoms in total. The fourth-order valence-electron chi connectivity index (χ4n) is 7.64. The Morgan fingerprint density at radius 3 is 1.08 bits per heavy atom. The second-order valence-electron chi connectivity index (χ2n) is 12.8. The molecule has 0 saturated heterocycles. The lowest BCUT2D eigenvalue weighted by Gasteiger charge is -2.16. The summed E-state index contributed by atoms with van der Waals surface area (Å²) in [7, 11) is 0. The summed E-state index contributed by atoms with van der Waals surface area (Å²) in [6, 6.07) is 67.3. The van der Waals surface area contributed by atoms with E-state index in [1.807, 2.05) is 0 Å². The molecule has 0 radical (unpaired) electrons. The van der Waals surface area contributed by atoms with Crippen LogP contribution in [0.5, 0.6) is 0 Å². The Morgan fingerprint density at radius 1 is 0.280 bits per heavy atom. The van der Waals surface area contributed by atoms with Gasteiger partial charge in [0.15, 0.2) is 0 Å². The van der Waals surface area contributed by atoms with Crippen molar-refractivity contribution in [3.05, 3.63) is 188 Å². The van der Waals surface area contributed by atoms with Crippen molar-refractivity contribution in [3.63, 3.8) is 0 Å². The molecule has 0 aliphatic rings. The molecule has 0 unspecified atom stereocenters. The Hall–Kier alpha value is -6.71. The molecule has 0 atom stereocenters. The Kier molecular flexibility index (Phi) is 6.49. The van der Waals surface area contributed by atoms with E-state index in [0.717, 1.165) is 45.0 Å². The molecule has 0 aliphatic carbocycles. The maximum Gasteiger partial charge on any atom is 0.0717 e. The van der Waals surface area contributed by atoms with Gasteiger partial charge in [-0.25, -0.2) is 4.98 Å². The summed E-state index contributed by atoms with van der Waals surface area (Å²) in [5.74, 6) is 0. The molecule has 0 fully saturated rings. The predicted octanol–water partition coefficient (Wildman–Crippen LogP) is 12.3. The average Bonchev–Trinajstić information content (AvgIpc) is 3.71. The van der Waals surface area contributed by atoms with Crippen LogP contribution in [0.4, 0.5) is 0 Å². The molecule has 50 heavy (non-hydrogen) atoms. The zero-order valence-corrected chi connectivity index (χ0v) is 27.2.